The Kier molecular flexibility index (Phi) is 6.45. The van der Waals surface area contributed by atoms with Crippen LogP contribution in [0.5, 0.6) is 0 Å². The van der Waals surface area contributed by atoms with E-state index in [4.69, 9.17) is 4.74 Å². The largest absolute Gasteiger partial charge is 0.379 e. The van der Waals surface area contributed by atoms with Gasteiger partial charge in [-0.2, -0.15) is 0 Å². The van der Waals surface area contributed by atoms with Crippen molar-refractivity contribution in [2.75, 3.05) is 39.4 Å². The molecule has 0 bridgehead atoms. The minimum Gasteiger partial charge on any atom is -0.379 e. The van der Waals surface area contributed by atoms with Gasteiger partial charge in [0, 0.05) is 25.2 Å². The van der Waals surface area contributed by atoms with Gasteiger partial charge in [0.05, 0.1) is 13.2 Å². The van der Waals surface area contributed by atoms with Gasteiger partial charge in [-0.3, -0.25) is 4.90 Å². The fourth-order valence-electron chi connectivity index (χ4n) is 2.50. The standard InChI is InChI=1S/C14H30N2O/c1-5-6-13(2)11-15-12-14(3,4)16-7-9-17-10-8-16/h13,15H,5-12H2,1-4H3. The molecular formula is C14H30N2O. The maximum absolute atomic E-state index is 5.41. The van der Waals surface area contributed by atoms with Crippen molar-refractivity contribution in [2.24, 2.45) is 5.92 Å². The van der Waals surface area contributed by atoms with Gasteiger partial charge in [0.15, 0.2) is 0 Å². The van der Waals surface area contributed by atoms with E-state index in [9.17, 15) is 0 Å². The summed E-state index contributed by atoms with van der Waals surface area (Å²) in [7, 11) is 0. The van der Waals surface area contributed by atoms with Gasteiger partial charge >= 0.3 is 0 Å². The molecule has 1 fully saturated rings. The number of hydrogen-bond donors (Lipinski definition) is 1. The van der Waals surface area contributed by atoms with Crippen LogP contribution in [0, 0.1) is 5.92 Å². The van der Waals surface area contributed by atoms with E-state index in [1.54, 1.807) is 0 Å². The summed E-state index contributed by atoms with van der Waals surface area (Å²) in [4.78, 5) is 2.54. The average Bonchev–Trinajstić information content (AvgIpc) is 2.30. The maximum atomic E-state index is 5.41. The number of morpholine rings is 1. The minimum atomic E-state index is 0.246. The lowest BCUT2D eigenvalue weighted by atomic mass is 10.0. The Morgan fingerprint density at radius 2 is 1.94 bits per heavy atom. The first-order valence-corrected chi connectivity index (χ1v) is 7.10. The van der Waals surface area contributed by atoms with E-state index in [2.05, 4.69) is 37.9 Å². The molecule has 102 valence electrons. The molecule has 1 heterocycles. The number of nitrogens with one attached hydrogen (secondary N) is 1. The van der Waals surface area contributed by atoms with E-state index in [1.807, 2.05) is 0 Å². The third-order valence-corrected chi connectivity index (χ3v) is 3.70. The van der Waals surface area contributed by atoms with Crippen LogP contribution in [0.4, 0.5) is 0 Å². The van der Waals surface area contributed by atoms with Crippen molar-refractivity contribution in [3.8, 4) is 0 Å². The molecule has 1 rings (SSSR count). The van der Waals surface area contributed by atoms with Gasteiger partial charge in [-0.05, 0) is 32.7 Å². The summed E-state index contributed by atoms with van der Waals surface area (Å²) >= 11 is 0. The zero-order chi connectivity index (χ0) is 12.7. The van der Waals surface area contributed by atoms with Gasteiger partial charge in [0.25, 0.3) is 0 Å². The van der Waals surface area contributed by atoms with Crippen LogP contribution in [-0.2, 0) is 4.74 Å². The first-order valence-electron chi connectivity index (χ1n) is 7.10. The lowest BCUT2D eigenvalue weighted by Crippen LogP contribution is -2.55. The van der Waals surface area contributed by atoms with Gasteiger partial charge < -0.3 is 10.1 Å². The topological polar surface area (TPSA) is 24.5 Å². The zero-order valence-electron chi connectivity index (χ0n) is 12.1. The zero-order valence-corrected chi connectivity index (χ0v) is 12.1. The van der Waals surface area contributed by atoms with Crippen LogP contribution in [0.1, 0.15) is 40.5 Å². The molecule has 1 unspecified atom stereocenters. The van der Waals surface area contributed by atoms with E-state index in [1.165, 1.54) is 12.8 Å². The molecule has 0 aliphatic carbocycles. The lowest BCUT2D eigenvalue weighted by Gasteiger charge is -2.41. The van der Waals surface area contributed by atoms with Crippen molar-refractivity contribution in [1.29, 1.82) is 0 Å². The van der Waals surface area contributed by atoms with Crippen LogP contribution in [0.3, 0.4) is 0 Å². The first-order chi connectivity index (χ1) is 8.06. The minimum absolute atomic E-state index is 0.246. The molecule has 1 aliphatic rings. The molecular weight excluding hydrogens is 212 g/mol. The maximum Gasteiger partial charge on any atom is 0.0594 e. The molecule has 0 saturated carbocycles. The van der Waals surface area contributed by atoms with Crippen LogP contribution in [0.2, 0.25) is 0 Å². The SMILES string of the molecule is CCCC(C)CNCC(C)(C)N1CCOCC1. The second-order valence-corrected chi connectivity index (χ2v) is 5.94. The average molecular weight is 242 g/mol. The summed E-state index contributed by atoms with van der Waals surface area (Å²) in [5, 5.41) is 3.63. The van der Waals surface area contributed by atoms with Crippen molar-refractivity contribution in [3.63, 3.8) is 0 Å². The summed E-state index contributed by atoms with van der Waals surface area (Å²) in [6, 6.07) is 0. The molecule has 0 aromatic carbocycles. The fraction of sp³-hybridized carbons (Fsp3) is 1.00. The van der Waals surface area contributed by atoms with Crippen LogP contribution in [-0.4, -0.2) is 49.8 Å². The van der Waals surface area contributed by atoms with Crippen LogP contribution < -0.4 is 5.32 Å². The van der Waals surface area contributed by atoms with E-state index < -0.39 is 0 Å². The highest BCUT2D eigenvalue weighted by Gasteiger charge is 2.27. The molecule has 0 aromatic heterocycles. The third kappa shape index (κ3) is 5.36. The molecule has 17 heavy (non-hydrogen) atoms. The Hall–Kier alpha value is -0.120. The van der Waals surface area contributed by atoms with Crippen molar-refractivity contribution in [1.82, 2.24) is 10.2 Å². The van der Waals surface area contributed by atoms with E-state index in [0.29, 0.717) is 0 Å². The highest BCUT2D eigenvalue weighted by Crippen LogP contribution is 2.15. The molecule has 0 radical (unpaired) electrons. The molecule has 0 spiro atoms. The Labute approximate surface area is 107 Å². The van der Waals surface area contributed by atoms with Crippen LogP contribution in [0.15, 0.2) is 0 Å². The second kappa shape index (κ2) is 7.34. The molecule has 1 N–H and O–H groups in total. The van der Waals surface area contributed by atoms with Crippen molar-refractivity contribution < 1.29 is 4.74 Å². The lowest BCUT2D eigenvalue weighted by molar-refractivity contribution is -0.00975. The van der Waals surface area contributed by atoms with Crippen molar-refractivity contribution >= 4 is 0 Å². The molecule has 0 amide bonds. The Morgan fingerprint density at radius 3 is 2.53 bits per heavy atom. The highest BCUT2D eigenvalue weighted by atomic mass is 16.5. The molecule has 3 nitrogen and oxygen atoms in total. The van der Waals surface area contributed by atoms with Gasteiger partial charge in [-0.15, -0.1) is 0 Å². The summed E-state index contributed by atoms with van der Waals surface area (Å²) in [5.41, 5.74) is 0.246. The summed E-state index contributed by atoms with van der Waals surface area (Å²) in [6.07, 6.45) is 2.61. The molecule has 3 heteroatoms. The van der Waals surface area contributed by atoms with Crippen LogP contribution >= 0.6 is 0 Å². The van der Waals surface area contributed by atoms with Gasteiger partial charge in [0.1, 0.15) is 0 Å². The van der Waals surface area contributed by atoms with Gasteiger partial charge in [0.2, 0.25) is 0 Å². The predicted octanol–water partition coefficient (Wildman–Crippen LogP) is 2.12. The smallest absolute Gasteiger partial charge is 0.0594 e. The highest BCUT2D eigenvalue weighted by molar-refractivity contribution is 4.85. The molecule has 1 saturated heterocycles. The second-order valence-electron chi connectivity index (χ2n) is 5.94. The van der Waals surface area contributed by atoms with E-state index in [0.717, 1.165) is 45.3 Å². The summed E-state index contributed by atoms with van der Waals surface area (Å²) in [6.45, 7) is 15.4. The Bertz CT molecular complexity index is 200. The fourth-order valence-corrected chi connectivity index (χ4v) is 2.50. The number of hydrogen-bond acceptors (Lipinski definition) is 3. The Balaban J connectivity index is 2.23. The normalized spacial score (nSPS) is 20.5. The number of rotatable bonds is 7. The van der Waals surface area contributed by atoms with Crippen molar-refractivity contribution in [3.05, 3.63) is 0 Å². The van der Waals surface area contributed by atoms with E-state index in [-0.39, 0.29) is 5.54 Å². The monoisotopic (exact) mass is 242 g/mol. The molecule has 1 atom stereocenters. The molecule has 0 aromatic rings. The summed E-state index contributed by atoms with van der Waals surface area (Å²) in [5.74, 6) is 0.792. The number of nitrogens with zero attached hydrogens (tertiary/aromatic N) is 1. The van der Waals surface area contributed by atoms with Gasteiger partial charge in [-0.25, -0.2) is 0 Å². The third-order valence-electron chi connectivity index (χ3n) is 3.70. The van der Waals surface area contributed by atoms with Crippen LogP contribution in [0.25, 0.3) is 0 Å². The van der Waals surface area contributed by atoms with Gasteiger partial charge in [-0.1, -0.05) is 20.3 Å². The predicted molar refractivity (Wildman–Crippen MR) is 73.4 cm³/mol. The number of ether oxygens (including phenoxy) is 1. The Morgan fingerprint density at radius 1 is 1.29 bits per heavy atom. The molecule has 1 aliphatic heterocycles. The first kappa shape index (κ1) is 14.9. The van der Waals surface area contributed by atoms with E-state index >= 15 is 0 Å². The summed E-state index contributed by atoms with van der Waals surface area (Å²) < 4.78 is 5.41. The quantitative estimate of drug-likeness (QED) is 0.740. The van der Waals surface area contributed by atoms with Crippen molar-refractivity contribution in [2.45, 2.75) is 46.1 Å².